The van der Waals surface area contributed by atoms with Crippen molar-refractivity contribution in [3.05, 3.63) is 34.9 Å². The van der Waals surface area contributed by atoms with Crippen LogP contribution in [0.4, 0.5) is 0 Å². The van der Waals surface area contributed by atoms with E-state index in [0.717, 1.165) is 0 Å². The van der Waals surface area contributed by atoms with Gasteiger partial charge in [0.2, 0.25) is 0 Å². The van der Waals surface area contributed by atoms with E-state index in [1.165, 1.54) is 16.7 Å². The SMILES string of the molecule is Cc1cccc(C)c1/C=N/C(C)N. The number of nitrogens with zero attached hydrogens (tertiary/aromatic N) is 1. The zero-order chi connectivity index (χ0) is 9.84. The van der Waals surface area contributed by atoms with Crippen LogP contribution in [0, 0.1) is 13.8 Å². The van der Waals surface area contributed by atoms with E-state index < -0.39 is 0 Å². The Morgan fingerprint density at radius 1 is 1.31 bits per heavy atom. The molecule has 0 radical (unpaired) electrons. The van der Waals surface area contributed by atoms with Crippen molar-refractivity contribution in [2.24, 2.45) is 10.7 Å². The van der Waals surface area contributed by atoms with Crippen molar-refractivity contribution in [1.82, 2.24) is 0 Å². The number of hydrogen-bond acceptors (Lipinski definition) is 2. The molecule has 1 rings (SSSR count). The minimum absolute atomic E-state index is 0.126. The van der Waals surface area contributed by atoms with Gasteiger partial charge in [-0.15, -0.1) is 0 Å². The number of aliphatic imine (C=N–C) groups is 1. The quantitative estimate of drug-likeness (QED) is 0.688. The van der Waals surface area contributed by atoms with E-state index in [-0.39, 0.29) is 6.17 Å². The lowest BCUT2D eigenvalue weighted by Crippen LogP contribution is -2.11. The third kappa shape index (κ3) is 2.67. The maximum absolute atomic E-state index is 5.54. The van der Waals surface area contributed by atoms with Crippen LogP contribution in [0.15, 0.2) is 23.2 Å². The fraction of sp³-hybridized carbons (Fsp3) is 0.364. The summed E-state index contributed by atoms with van der Waals surface area (Å²) in [5.41, 5.74) is 9.20. The summed E-state index contributed by atoms with van der Waals surface area (Å²) in [5, 5.41) is 0. The van der Waals surface area contributed by atoms with Crippen LogP contribution in [0.3, 0.4) is 0 Å². The molecule has 0 saturated carbocycles. The number of aryl methyl sites for hydroxylation is 2. The fourth-order valence-electron chi connectivity index (χ4n) is 1.22. The summed E-state index contributed by atoms with van der Waals surface area (Å²) in [6.45, 7) is 6.02. The second-order valence-corrected chi connectivity index (χ2v) is 3.32. The lowest BCUT2D eigenvalue weighted by molar-refractivity contribution is 0.797. The first-order valence-corrected chi connectivity index (χ1v) is 4.46. The molecule has 0 aromatic heterocycles. The van der Waals surface area contributed by atoms with Crippen LogP contribution in [0.25, 0.3) is 0 Å². The van der Waals surface area contributed by atoms with Gasteiger partial charge in [0, 0.05) is 6.21 Å². The molecule has 1 aromatic carbocycles. The largest absolute Gasteiger partial charge is 0.310 e. The van der Waals surface area contributed by atoms with E-state index in [2.05, 4.69) is 31.0 Å². The molecule has 0 fully saturated rings. The molecule has 1 atom stereocenters. The van der Waals surface area contributed by atoms with E-state index in [0.29, 0.717) is 0 Å². The second-order valence-electron chi connectivity index (χ2n) is 3.32. The van der Waals surface area contributed by atoms with Crippen molar-refractivity contribution in [1.29, 1.82) is 0 Å². The minimum atomic E-state index is -0.126. The van der Waals surface area contributed by atoms with Gasteiger partial charge in [-0.3, -0.25) is 4.99 Å². The smallest absolute Gasteiger partial charge is 0.0940 e. The highest BCUT2D eigenvalue weighted by Crippen LogP contribution is 2.10. The summed E-state index contributed by atoms with van der Waals surface area (Å²) in [6.07, 6.45) is 1.73. The van der Waals surface area contributed by atoms with Crippen LogP contribution < -0.4 is 5.73 Å². The first-order valence-electron chi connectivity index (χ1n) is 4.46. The van der Waals surface area contributed by atoms with Crippen molar-refractivity contribution < 1.29 is 0 Å². The summed E-state index contributed by atoms with van der Waals surface area (Å²) in [7, 11) is 0. The molecule has 2 nitrogen and oxygen atoms in total. The van der Waals surface area contributed by atoms with Crippen LogP contribution in [0.2, 0.25) is 0 Å². The maximum Gasteiger partial charge on any atom is 0.0940 e. The molecule has 2 N–H and O–H groups in total. The molecule has 0 aliphatic heterocycles. The van der Waals surface area contributed by atoms with Crippen LogP contribution in [-0.2, 0) is 0 Å². The van der Waals surface area contributed by atoms with Crippen molar-refractivity contribution in [2.45, 2.75) is 26.9 Å². The summed E-state index contributed by atoms with van der Waals surface area (Å²) >= 11 is 0. The highest BCUT2D eigenvalue weighted by atomic mass is 14.9. The van der Waals surface area contributed by atoms with Gasteiger partial charge in [0.15, 0.2) is 0 Å². The number of hydrogen-bond donors (Lipinski definition) is 1. The molecule has 0 amide bonds. The molecule has 0 heterocycles. The third-order valence-electron chi connectivity index (χ3n) is 1.98. The third-order valence-corrected chi connectivity index (χ3v) is 1.98. The predicted molar refractivity (Wildman–Crippen MR) is 57.2 cm³/mol. The molecule has 0 saturated heterocycles. The average molecular weight is 176 g/mol. The number of rotatable bonds is 2. The van der Waals surface area contributed by atoms with Gasteiger partial charge in [-0.1, -0.05) is 18.2 Å². The summed E-state index contributed by atoms with van der Waals surface area (Å²) in [6, 6.07) is 6.21. The Morgan fingerprint density at radius 3 is 2.31 bits per heavy atom. The van der Waals surface area contributed by atoms with E-state index in [1.54, 1.807) is 0 Å². The van der Waals surface area contributed by atoms with E-state index in [1.807, 2.05) is 19.2 Å². The maximum atomic E-state index is 5.54. The van der Waals surface area contributed by atoms with E-state index in [4.69, 9.17) is 5.73 Å². The fourth-order valence-corrected chi connectivity index (χ4v) is 1.22. The predicted octanol–water partition coefficient (Wildman–Crippen LogP) is 2.03. The van der Waals surface area contributed by atoms with Crippen molar-refractivity contribution in [2.75, 3.05) is 0 Å². The first kappa shape index (κ1) is 9.93. The number of benzene rings is 1. The lowest BCUT2D eigenvalue weighted by atomic mass is 10.0. The first-order chi connectivity index (χ1) is 6.11. The van der Waals surface area contributed by atoms with Gasteiger partial charge in [-0.25, -0.2) is 0 Å². The monoisotopic (exact) mass is 176 g/mol. The molecule has 0 aliphatic rings. The van der Waals surface area contributed by atoms with Gasteiger partial charge >= 0.3 is 0 Å². The normalized spacial score (nSPS) is 13.5. The molecule has 0 spiro atoms. The molecule has 2 heteroatoms. The highest BCUT2D eigenvalue weighted by molar-refractivity contribution is 5.83. The zero-order valence-electron chi connectivity index (χ0n) is 8.41. The topological polar surface area (TPSA) is 38.4 Å². The second kappa shape index (κ2) is 4.19. The van der Waals surface area contributed by atoms with Gasteiger partial charge in [0.25, 0.3) is 0 Å². The molecule has 1 aromatic rings. The summed E-state index contributed by atoms with van der Waals surface area (Å²) in [4.78, 5) is 4.17. The molecule has 0 bridgehead atoms. The average Bonchev–Trinajstić information content (AvgIpc) is 2.03. The lowest BCUT2D eigenvalue weighted by Gasteiger charge is -2.04. The summed E-state index contributed by atoms with van der Waals surface area (Å²) < 4.78 is 0. The Balaban J connectivity index is 3.00. The van der Waals surface area contributed by atoms with Crippen LogP contribution in [0.5, 0.6) is 0 Å². The van der Waals surface area contributed by atoms with Gasteiger partial charge in [0.05, 0.1) is 6.17 Å². The van der Waals surface area contributed by atoms with Gasteiger partial charge < -0.3 is 5.73 Å². The molecule has 0 aliphatic carbocycles. The van der Waals surface area contributed by atoms with Gasteiger partial charge in [0.1, 0.15) is 0 Å². The standard InChI is InChI=1S/C11H16N2/c1-8-5-4-6-9(2)11(8)7-13-10(3)12/h4-7,10H,12H2,1-3H3/b13-7+. The highest BCUT2D eigenvalue weighted by Gasteiger charge is 1.97. The Bertz CT molecular complexity index is 294. The molecular formula is C11H16N2. The Morgan fingerprint density at radius 2 is 1.85 bits per heavy atom. The molecular weight excluding hydrogens is 160 g/mol. The van der Waals surface area contributed by atoms with Crippen molar-refractivity contribution >= 4 is 6.21 Å². The zero-order valence-corrected chi connectivity index (χ0v) is 8.41. The molecule has 1 unspecified atom stereocenters. The Labute approximate surface area is 79.5 Å². The van der Waals surface area contributed by atoms with E-state index >= 15 is 0 Å². The molecule has 70 valence electrons. The van der Waals surface area contributed by atoms with Crippen LogP contribution in [-0.4, -0.2) is 12.4 Å². The van der Waals surface area contributed by atoms with Crippen molar-refractivity contribution in [3.8, 4) is 0 Å². The van der Waals surface area contributed by atoms with Crippen LogP contribution >= 0.6 is 0 Å². The van der Waals surface area contributed by atoms with Crippen LogP contribution in [0.1, 0.15) is 23.6 Å². The minimum Gasteiger partial charge on any atom is -0.310 e. The Kier molecular flexibility index (Phi) is 3.20. The molecule has 13 heavy (non-hydrogen) atoms. The van der Waals surface area contributed by atoms with E-state index in [9.17, 15) is 0 Å². The summed E-state index contributed by atoms with van der Waals surface area (Å²) in [5.74, 6) is 0. The van der Waals surface area contributed by atoms with Gasteiger partial charge in [-0.2, -0.15) is 0 Å². The van der Waals surface area contributed by atoms with Gasteiger partial charge in [-0.05, 0) is 37.5 Å². The Hall–Kier alpha value is -1.15. The number of nitrogens with two attached hydrogens (primary N) is 1. The van der Waals surface area contributed by atoms with Crippen molar-refractivity contribution in [3.63, 3.8) is 0 Å².